The minimum atomic E-state index is -3.82. The van der Waals surface area contributed by atoms with E-state index in [2.05, 4.69) is 10.0 Å². The molecule has 34 heavy (non-hydrogen) atoms. The van der Waals surface area contributed by atoms with Crippen LogP contribution in [0.3, 0.4) is 0 Å². The molecule has 2 aromatic rings. The predicted octanol–water partition coefficient (Wildman–Crippen LogP) is 4.18. The van der Waals surface area contributed by atoms with Gasteiger partial charge in [-0.2, -0.15) is 0 Å². The smallest absolute Gasteiger partial charge is 0.262 e. The van der Waals surface area contributed by atoms with Gasteiger partial charge in [0.1, 0.15) is 0 Å². The Morgan fingerprint density at radius 2 is 1.79 bits per heavy atom. The first kappa shape index (κ1) is 25.7. The molecule has 1 fully saturated rings. The normalized spacial score (nSPS) is 17.2. The second-order valence-electron chi connectivity index (χ2n) is 9.32. The summed E-state index contributed by atoms with van der Waals surface area (Å²) < 4.78 is 28.9. The van der Waals surface area contributed by atoms with Gasteiger partial charge in [0.25, 0.3) is 15.9 Å². The fourth-order valence-corrected chi connectivity index (χ4v) is 6.04. The molecule has 2 amide bonds. The molecule has 2 unspecified atom stereocenters. The van der Waals surface area contributed by atoms with Crippen LogP contribution in [0.4, 0.5) is 5.69 Å². The maximum atomic E-state index is 13.2. The molecule has 2 aromatic carbocycles. The van der Waals surface area contributed by atoms with Crippen LogP contribution in [0.1, 0.15) is 60.2 Å². The van der Waals surface area contributed by atoms with Crippen LogP contribution in [0.15, 0.2) is 41.3 Å². The maximum Gasteiger partial charge on any atom is 0.262 e. The van der Waals surface area contributed by atoms with Gasteiger partial charge in [-0.15, -0.1) is 0 Å². The van der Waals surface area contributed by atoms with Crippen molar-refractivity contribution in [3.8, 4) is 0 Å². The molecular weight excluding hydrogens is 450 g/mol. The molecule has 0 aromatic heterocycles. The Morgan fingerprint density at radius 3 is 2.44 bits per heavy atom. The van der Waals surface area contributed by atoms with Crippen LogP contribution < -0.4 is 10.0 Å². The first-order chi connectivity index (χ1) is 16.0. The summed E-state index contributed by atoms with van der Waals surface area (Å²) >= 11 is 0. The highest BCUT2D eigenvalue weighted by molar-refractivity contribution is 7.92. The molecule has 1 saturated heterocycles. The number of hydrogen-bond acceptors (Lipinski definition) is 4. The number of piperidine rings is 1. The van der Waals surface area contributed by atoms with Gasteiger partial charge in [-0.3, -0.25) is 14.3 Å². The highest BCUT2D eigenvalue weighted by atomic mass is 32.2. The van der Waals surface area contributed by atoms with E-state index in [-0.39, 0.29) is 28.7 Å². The molecule has 7 nitrogen and oxygen atoms in total. The van der Waals surface area contributed by atoms with Crippen molar-refractivity contribution in [2.45, 2.75) is 64.8 Å². The van der Waals surface area contributed by atoms with E-state index in [4.69, 9.17) is 0 Å². The number of benzene rings is 2. The second-order valence-corrected chi connectivity index (χ2v) is 10.9. The number of sulfonamides is 1. The number of hydrogen-bond donors (Lipinski definition) is 2. The van der Waals surface area contributed by atoms with E-state index in [1.165, 1.54) is 0 Å². The average molecular weight is 486 g/mol. The van der Waals surface area contributed by atoms with Gasteiger partial charge in [-0.25, -0.2) is 8.42 Å². The Hall–Kier alpha value is -2.87. The zero-order valence-corrected chi connectivity index (χ0v) is 21.5. The van der Waals surface area contributed by atoms with Crippen molar-refractivity contribution in [3.63, 3.8) is 0 Å². The number of amides is 2. The fourth-order valence-electron chi connectivity index (χ4n) is 4.53. The summed E-state index contributed by atoms with van der Waals surface area (Å²) in [6.07, 6.45) is 2.36. The van der Waals surface area contributed by atoms with Gasteiger partial charge >= 0.3 is 0 Å². The summed E-state index contributed by atoms with van der Waals surface area (Å²) in [6.45, 7) is 10.4. The van der Waals surface area contributed by atoms with E-state index in [9.17, 15) is 18.0 Å². The highest BCUT2D eigenvalue weighted by Gasteiger charge is 2.29. The summed E-state index contributed by atoms with van der Waals surface area (Å²) in [5, 5.41) is 3.01. The van der Waals surface area contributed by atoms with Crippen LogP contribution in [0, 0.1) is 26.7 Å². The quantitative estimate of drug-likeness (QED) is 0.615. The van der Waals surface area contributed by atoms with Gasteiger partial charge in [-0.05, 0) is 76.3 Å². The van der Waals surface area contributed by atoms with Crippen molar-refractivity contribution >= 4 is 27.5 Å². The SMILES string of the molecule is CCC(C)NC(=O)C1CCCN(C(=O)c2cccc(NS(=O)(=O)c3c(C)cc(C)cc3C)c2)C1. The highest BCUT2D eigenvalue weighted by Crippen LogP contribution is 2.25. The van der Waals surface area contributed by atoms with Gasteiger partial charge in [0.2, 0.25) is 5.91 Å². The lowest BCUT2D eigenvalue weighted by Crippen LogP contribution is -2.47. The Morgan fingerprint density at radius 1 is 1.12 bits per heavy atom. The van der Waals surface area contributed by atoms with Crippen LogP contribution >= 0.6 is 0 Å². The number of nitrogens with zero attached hydrogens (tertiary/aromatic N) is 1. The summed E-state index contributed by atoms with van der Waals surface area (Å²) in [4.78, 5) is 27.7. The van der Waals surface area contributed by atoms with Gasteiger partial charge in [0.05, 0.1) is 10.8 Å². The Kier molecular flexibility index (Phi) is 8.02. The first-order valence-corrected chi connectivity index (χ1v) is 13.3. The van der Waals surface area contributed by atoms with E-state index in [0.717, 1.165) is 24.8 Å². The van der Waals surface area contributed by atoms with E-state index >= 15 is 0 Å². The van der Waals surface area contributed by atoms with Crippen LogP contribution in [-0.2, 0) is 14.8 Å². The van der Waals surface area contributed by atoms with Crippen LogP contribution in [-0.4, -0.2) is 44.3 Å². The number of aryl methyl sites for hydroxylation is 3. The number of anilines is 1. The molecule has 1 heterocycles. The molecule has 0 bridgehead atoms. The lowest BCUT2D eigenvalue weighted by molar-refractivity contribution is -0.126. The van der Waals surface area contributed by atoms with E-state index < -0.39 is 10.0 Å². The summed E-state index contributed by atoms with van der Waals surface area (Å²) in [6, 6.07) is 10.3. The Bertz CT molecular complexity index is 1150. The third-order valence-electron chi connectivity index (χ3n) is 6.32. The van der Waals surface area contributed by atoms with E-state index in [1.54, 1.807) is 43.0 Å². The molecule has 0 spiro atoms. The predicted molar refractivity (Wildman–Crippen MR) is 134 cm³/mol. The number of carbonyl (C=O) groups is 2. The van der Waals surface area contributed by atoms with Crippen molar-refractivity contribution < 1.29 is 18.0 Å². The number of nitrogens with one attached hydrogen (secondary N) is 2. The zero-order chi connectivity index (χ0) is 25.0. The van der Waals surface area contributed by atoms with Gasteiger partial charge in [0, 0.05) is 30.4 Å². The lowest BCUT2D eigenvalue weighted by atomic mass is 9.96. The molecule has 0 saturated carbocycles. The van der Waals surface area contributed by atoms with E-state index in [1.807, 2.05) is 32.9 Å². The van der Waals surface area contributed by atoms with Crippen molar-refractivity contribution in [1.82, 2.24) is 10.2 Å². The summed E-state index contributed by atoms with van der Waals surface area (Å²) in [7, 11) is -3.82. The Labute approximate surface area is 203 Å². The molecule has 0 radical (unpaired) electrons. The molecule has 0 aliphatic carbocycles. The number of carbonyl (C=O) groups excluding carboxylic acids is 2. The minimum Gasteiger partial charge on any atom is -0.353 e. The Balaban J connectivity index is 1.76. The van der Waals surface area contributed by atoms with Gasteiger partial charge < -0.3 is 10.2 Å². The molecule has 2 atom stereocenters. The monoisotopic (exact) mass is 485 g/mol. The van der Waals surface area contributed by atoms with Crippen molar-refractivity contribution in [2.24, 2.45) is 5.92 Å². The third-order valence-corrected chi connectivity index (χ3v) is 8.00. The number of likely N-dealkylation sites (tertiary alicyclic amines) is 1. The first-order valence-electron chi connectivity index (χ1n) is 11.8. The van der Waals surface area contributed by atoms with Crippen LogP contribution in [0.25, 0.3) is 0 Å². The number of rotatable bonds is 7. The molecular formula is C26H35N3O4S. The van der Waals surface area contributed by atoms with Crippen molar-refractivity contribution in [1.29, 1.82) is 0 Å². The zero-order valence-electron chi connectivity index (χ0n) is 20.6. The maximum absolute atomic E-state index is 13.2. The molecule has 1 aliphatic heterocycles. The second kappa shape index (κ2) is 10.6. The van der Waals surface area contributed by atoms with Gasteiger partial charge in [-0.1, -0.05) is 30.7 Å². The molecule has 1 aliphatic rings. The lowest BCUT2D eigenvalue weighted by Gasteiger charge is -2.32. The fraction of sp³-hybridized carbons (Fsp3) is 0.462. The molecule has 8 heteroatoms. The van der Waals surface area contributed by atoms with Crippen LogP contribution in [0.5, 0.6) is 0 Å². The third kappa shape index (κ3) is 5.97. The van der Waals surface area contributed by atoms with E-state index in [0.29, 0.717) is 35.5 Å². The van der Waals surface area contributed by atoms with Crippen molar-refractivity contribution in [2.75, 3.05) is 17.8 Å². The standard InChI is InChI=1S/C26H35N3O4S/c1-6-20(5)27-25(30)22-10-8-12-29(16-22)26(31)21-9-7-11-23(15-21)28-34(32,33)24-18(3)13-17(2)14-19(24)4/h7,9,11,13-15,20,22,28H,6,8,10,12,16H2,1-5H3,(H,27,30). The molecule has 2 N–H and O–H groups in total. The summed E-state index contributed by atoms with van der Waals surface area (Å²) in [5.41, 5.74) is 3.06. The van der Waals surface area contributed by atoms with Crippen molar-refractivity contribution in [3.05, 3.63) is 58.7 Å². The topological polar surface area (TPSA) is 95.6 Å². The average Bonchev–Trinajstić information content (AvgIpc) is 2.77. The van der Waals surface area contributed by atoms with Gasteiger partial charge in [0.15, 0.2) is 0 Å². The van der Waals surface area contributed by atoms with Crippen LogP contribution in [0.2, 0.25) is 0 Å². The molecule has 3 rings (SSSR count). The summed E-state index contributed by atoms with van der Waals surface area (Å²) in [5.74, 6) is -0.456. The largest absolute Gasteiger partial charge is 0.353 e. The molecule has 184 valence electrons. The minimum absolute atomic E-state index is 0.0165.